The van der Waals surface area contributed by atoms with Crippen LogP contribution in [-0.4, -0.2) is 30.1 Å². The van der Waals surface area contributed by atoms with Gasteiger partial charge >= 0.3 is 5.97 Å². The molecule has 4 rings (SSSR count). The number of carboxylic acid groups (broad SMARTS) is 1. The summed E-state index contributed by atoms with van der Waals surface area (Å²) in [6.45, 7) is 5.50. The molecule has 1 heterocycles. The van der Waals surface area contributed by atoms with Crippen LogP contribution in [0, 0.1) is 12.7 Å². The molecule has 7 heteroatoms. The first-order valence-electron chi connectivity index (χ1n) is 10.8. The van der Waals surface area contributed by atoms with Crippen LogP contribution in [0.3, 0.4) is 0 Å². The number of furan rings is 1. The number of nitrogens with one attached hydrogen (secondary N) is 1. The van der Waals surface area contributed by atoms with Crippen LogP contribution in [0.4, 0.5) is 4.39 Å². The van der Waals surface area contributed by atoms with E-state index in [0.717, 1.165) is 0 Å². The van der Waals surface area contributed by atoms with Crippen molar-refractivity contribution in [1.82, 2.24) is 5.32 Å². The van der Waals surface area contributed by atoms with Gasteiger partial charge in [0.1, 0.15) is 22.9 Å². The first kappa shape index (κ1) is 23.0. The average Bonchev–Trinajstić information content (AvgIpc) is 3.16. The molecule has 1 aromatic heterocycles. The summed E-state index contributed by atoms with van der Waals surface area (Å²) in [6, 6.07) is 14.3. The van der Waals surface area contributed by atoms with Crippen LogP contribution < -0.4 is 10.1 Å². The van der Waals surface area contributed by atoms with Crippen LogP contribution in [0.25, 0.3) is 33.4 Å². The minimum Gasteiger partial charge on any atom is -0.490 e. The van der Waals surface area contributed by atoms with Crippen molar-refractivity contribution in [1.29, 1.82) is 0 Å². The van der Waals surface area contributed by atoms with Gasteiger partial charge in [-0.25, -0.2) is 9.18 Å². The molecule has 3 aromatic carbocycles. The second-order valence-electron chi connectivity index (χ2n) is 8.24. The topological polar surface area (TPSA) is 88.8 Å². The van der Waals surface area contributed by atoms with Gasteiger partial charge in [0, 0.05) is 29.6 Å². The van der Waals surface area contributed by atoms with Gasteiger partial charge in [-0.15, -0.1) is 0 Å². The SMILES string of the molecule is CNC(=O)c1c(-c2ccc(F)cc2)oc2cc(OC(C)C)c(-c3ccc(C)c(C(=O)O)c3)cc12. The van der Waals surface area contributed by atoms with E-state index in [0.29, 0.717) is 50.3 Å². The molecule has 0 saturated heterocycles. The van der Waals surface area contributed by atoms with Crippen LogP contribution >= 0.6 is 0 Å². The highest BCUT2D eigenvalue weighted by atomic mass is 19.1. The molecule has 0 aliphatic rings. The van der Waals surface area contributed by atoms with Crippen molar-refractivity contribution in [2.45, 2.75) is 26.9 Å². The van der Waals surface area contributed by atoms with E-state index >= 15 is 0 Å². The Kier molecular flexibility index (Phi) is 6.11. The Labute approximate surface area is 196 Å². The molecule has 0 aliphatic heterocycles. The highest BCUT2D eigenvalue weighted by Gasteiger charge is 2.24. The summed E-state index contributed by atoms with van der Waals surface area (Å²) in [5.74, 6) is -0.996. The van der Waals surface area contributed by atoms with Gasteiger partial charge in [0.15, 0.2) is 0 Å². The Morgan fingerprint density at radius 2 is 1.71 bits per heavy atom. The summed E-state index contributed by atoms with van der Waals surface area (Å²) in [6.07, 6.45) is -0.162. The predicted molar refractivity (Wildman–Crippen MR) is 128 cm³/mol. The van der Waals surface area contributed by atoms with Crippen molar-refractivity contribution >= 4 is 22.8 Å². The van der Waals surface area contributed by atoms with Gasteiger partial charge in [-0.1, -0.05) is 12.1 Å². The van der Waals surface area contributed by atoms with Gasteiger partial charge in [0.05, 0.1) is 17.2 Å². The quantitative estimate of drug-likeness (QED) is 0.364. The van der Waals surface area contributed by atoms with Gasteiger partial charge in [0.2, 0.25) is 0 Å². The zero-order valence-electron chi connectivity index (χ0n) is 19.2. The molecule has 4 aromatic rings. The zero-order valence-corrected chi connectivity index (χ0v) is 19.2. The molecule has 0 bridgehead atoms. The van der Waals surface area contributed by atoms with Crippen molar-refractivity contribution in [2.75, 3.05) is 7.05 Å². The molecule has 0 unspecified atom stereocenters. The lowest BCUT2D eigenvalue weighted by Gasteiger charge is -2.15. The summed E-state index contributed by atoms with van der Waals surface area (Å²) >= 11 is 0. The first-order valence-corrected chi connectivity index (χ1v) is 10.8. The van der Waals surface area contributed by atoms with E-state index in [-0.39, 0.29) is 17.6 Å². The lowest BCUT2D eigenvalue weighted by molar-refractivity contribution is 0.0695. The zero-order chi connectivity index (χ0) is 24.6. The van der Waals surface area contributed by atoms with Gasteiger partial charge < -0.3 is 19.6 Å². The number of benzene rings is 3. The van der Waals surface area contributed by atoms with Crippen LogP contribution in [0.15, 0.2) is 59.0 Å². The van der Waals surface area contributed by atoms with Gasteiger partial charge in [-0.05, 0) is 68.3 Å². The highest BCUT2D eigenvalue weighted by molar-refractivity contribution is 6.12. The molecule has 0 spiro atoms. The first-order chi connectivity index (χ1) is 16.2. The lowest BCUT2D eigenvalue weighted by Crippen LogP contribution is -2.18. The van der Waals surface area contributed by atoms with Gasteiger partial charge in [0.25, 0.3) is 5.91 Å². The number of hydrogen-bond acceptors (Lipinski definition) is 4. The maximum Gasteiger partial charge on any atom is 0.335 e. The second-order valence-corrected chi connectivity index (χ2v) is 8.24. The fourth-order valence-corrected chi connectivity index (χ4v) is 3.88. The molecule has 174 valence electrons. The lowest BCUT2D eigenvalue weighted by atomic mass is 9.96. The monoisotopic (exact) mass is 461 g/mol. The number of rotatable bonds is 6. The fourth-order valence-electron chi connectivity index (χ4n) is 3.88. The van der Waals surface area contributed by atoms with Crippen LogP contribution in [-0.2, 0) is 0 Å². The number of halogens is 1. The molecule has 1 amide bonds. The largest absolute Gasteiger partial charge is 0.490 e. The van der Waals surface area contributed by atoms with E-state index in [1.54, 1.807) is 43.3 Å². The normalized spacial score (nSPS) is 11.1. The average molecular weight is 461 g/mol. The van der Waals surface area contributed by atoms with Crippen molar-refractivity contribution < 1.29 is 28.2 Å². The van der Waals surface area contributed by atoms with Crippen molar-refractivity contribution in [3.8, 4) is 28.2 Å². The maximum absolute atomic E-state index is 13.5. The Balaban J connectivity index is 2.03. The predicted octanol–water partition coefficient (Wildman–Crippen LogP) is 6.06. The summed E-state index contributed by atoms with van der Waals surface area (Å²) in [4.78, 5) is 24.6. The third-order valence-electron chi connectivity index (χ3n) is 5.49. The Morgan fingerprint density at radius 1 is 1.03 bits per heavy atom. The molecule has 34 heavy (non-hydrogen) atoms. The van der Waals surface area contributed by atoms with Gasteiger partial charge in [-0.2, -0.15) is 0 Å². The standard InChI is InChI=1S/C27H24FNO5/c1-14(2)33-22-13-23-21(12-20(22)17-6-5-15(3)19(11-17)27(31)32)24(26(30)29-4)25(34-23)16-7-9-18(28)10-8-16/h5-14H,1-4H3,(H,29,30)(H,31,32). The van der Waals surface area contributed by atoms with Gasteiger partial charge in [-0.3, -0.25) is 4.79 Å². The number of carbonyl (C=O) groups is 2. The summed E-state index contributed by atoms with van der Waals surface area (Å²) in [7, 11) is 1.52. The minimum atomic E-state index is -1.03. The highest BCUT2D eigenvalue weighted by Crippen LogP contribution is 2.41. The number of hydrogen-bond donors (Lipinski definition) is 2. The third kappa shape index (κ3) is 4.24. The number of ether oxygens (including phenoxy) is 1. The molecule has 0 fully saturated rings. The van der Waals surface area contributed by atoms with E-state index in [4.69, 9.17) is 9.15 Å². The number of amides is 1. The van der Waals surface area contributed by atoms with Crippen molar-refractivity contribution in [3.63, 3.8) is 0 Å². The molecule has 0 atom stereocenters. The molecule has 0 radical (unpaired) electrons. The van der Waals surface area contributed by atoms with Crippen LogP contribution in [0.1, 0.15) is 40.1 Å². The summed E-state index contributed by atoms with van der Waals surface area (Å²) in [5.41, 5.74) is 3.34. The molecular weight excluding hydrogens is 437 g/mol. The van der Waals surface area contributed by atoms with Crippen molar-refractivity contribution in [3.05, 3.63) is 77.1 Å². The Bertz CT molecular complexity index is 1400. The number of fused-ring (bicyclic) bond motifs is 1. The summed E-state index contributed by atoms with van der Waals surface area (Å²) in [5, 5.41) is 12.8. The van der Waals surface area contributed by atoms with E-state index in [1.807, 2.05) is 19.9 Å². The Hall–Kier alpha value is -4.13. The third-order valence-corrected chi connectivity index (χ3v) is 5.49. The fraction of sp³-hybridized carbons (Fsp3) is 0.185. The maximum atomic E-state index is 13.5. The molecule has 2 N–H and O–H groups in total. The minimum absolute atomic E-state index is 0.162. The smallest absolute Gasteiger partial charge is 0.335 e. The van der Waals surface area contributed by atoms with E-state index in [2.05, 4.69) is 5.32 Å². The van der Waals surface area contributed by atoms with Crippen LogP contribution in [0.5, 0.6) is 5.75 Å². The van der Waals surface area contributed by atoms with E-state index < -0.39 is 11.8 Å². The van der Waals surface area contributed by atoms with Crippen molar-refractivity contribution in [2.24, 2.45) is 0 Å². The van der Waals surface area contributed by atoms with Crippen LogP contribution in [0.2, 0.25) is 0 Å². The number of carboxylic acids is 1. The number of aromatic carboxylic acids is 1. The second kappa shape index (κ2) is 9.02. The van der Waals surface area contributed by atoms with E-state index in [9.17, 15) is 19.1 Å². The van der Waals surface area contributed by atoms with E-state index in [1.165, 1.54) is 19.2 Å². The summed E-state index contributed by atoms with van der Waals surface area (Å²) < 4.78 is 25.6. The number of aryl methyl sites for hydroxylation is 1. The molecular formula is C27H24FNO5. The molecule has 0 aliphatic carbocycles. The Morgan fingerprint density at radius 3 is 2.32 bits per heavy atom. The number of carbonyl (C=O) groups excluding carboxylic acids is 1. The molecule has 0 saturated carbocycles. The molecule has 6 nitrogen and oxygen atoms in total.